The maximum atomic E-state index is 12.5. The number of rotatable bonds is 7. The predicted octanol–water partition coefficient (Wildman–Crippen LogP) is 3.09. The molecular weight excluding hydrogens is 348 g/mol. The predicted molar refractivity (Wildman–Crippen MR) is 103 cm³/mol. The van der Waals surface area contributed by atoms with E-state index in [1.165, 1.54) is 0 Å². The standard InChI is InChI=1S/C18H22N6OS/c1-3-7-15-20-21-18(26)23(15)12-17(25)19-16-10-13(2)22-24(16)11-14-8-5-4-6-9-14/h4-6,8-10H,3,7,11-12H2,1-2H3,(H,19,25)(H,21,26). The topological polar surface area (TPSA) is 80.5 Å². The van der Waals surface area contributed by atoms with Crippen molar-refractivity contribution in [2.45, 2.75) is 39.8 Å². The monoisotopic (exact) mass is 370 g/mol. The molecule has 0 radical (unpaired) electrons. The molecule has 0 spiro atoms. The van der Waals surface area contributed by atoms with E-state index >= 15 is 0 Å². The number of benzene rings is 1. The lowest BCUT2D eigenvalue weighted by Crippen LogP contribution is -2.22. The fraction of sp³-hybridized carbons (Fsp3) is 0.333. The Hall–Kier alpha value is -2.74. The van der Waals surface area contributed by atoms with Crippen molar-refractivity contribution in [1.82, 2.24) is 24.5 Å². The van der Waals surface area contributed by atoms with Crippen LogP contribution in [0.2, 0.25) is 0 Å². The number of nitrogens with one attached hydrogen (secondary N) is 2. The van der Waals surface area contributed by atoms with Gasteiger partial charge in [-0.25, -0.2) is 4.68 Å². The lowest BCUT2D eigenvalue weighted by molar-refractivity contribution is -0.116. The molecule has 2 N–H and O–H groups in total. The van der Waals surface area contributed by atoms with E-state index < -0.39 is 0 Å². The minimum atomic E-state index is -0.158. The summed E-state index contributed by atoms with van der Waals surface area (Å²) in [5, 5.41) is 14.4. The number of carbonyl (C=O) groups is 1. The number of H-pyrrole nitrogens is 1. The summed E-state index contributed by atoms with van der Waals surface area (Å²) < 4.78 is 3.99. The van der Waals surface area contributed by atoms with Crippen LogP contribution in [0, 0.1) is 11.7 Å². The number of amides is 1. The normalized spacial score (nSPS) is 10.8. The number of hydrogen-bond acceptors (Lipinski definition) is 4. The minimum absolute atomic E-state index is 0.125. The number of anilines is 1. The molecule has 1 aromatic carbocycles. The Bertz CT molecular complexity index is 940. The zero-order chi connectivity index (χ0) is 18.5. The molecule has 0 unspecified atom stereocenters. The van der Waals surface area contributed by atoms with E-state index in [1.54, 1.807) is 9.25 Å². The van der Waals surface area contributed by atoms with Gasteiger partial charge in [0.25, 0.3) is 0 Å². The Morgan fingerprint density at radius 1 is 1.31 bits per heavy atom. The zero-order valence-corrected chi connectivity index (χ0v) is 15.7. The first-order valence-electron chi connectivity index (χ1n) is 8.59. The first-order chi connectivity index (χ1) is 12.6. The Balaban J connectivity index is 1.74. The molecule has 3 rings (SSSR count). The molecule has 8 heteroatoms. The van der Waals surface area contributed by atoms with Crippen molar-refractivity contribution in [3.05, 3.63) is 58.3 Å². The molecule has 0 saturated carbocycles. The average molecular weight is 370 g/mol. The molecule has 0 saturated heterocycles. The molecule has 0 bridgehead atoms. The maximum absolute atomic E-state index is 12.5. The van der Waals surface area contributed by atoms with Gasteiger partial charge in [-0.15, -0.1) is 0 Å². The molecule has 0 fully saturated rings. The van der Waals surface area contributed by atoms with Crippen molar-refractivity contribution < 1.29 is 4.79 Å². The van der Waals surface area contributed by atoms with E-state index in [0.717, 1.165) is 29.9 Å². The molecule has 7 nitrogen and oxygen atoms in total. The van der Waals surface area contributed by atoms with Crippen molar-refractivity contribution in [2.75, 3.05) is 5.32 Å². The Kier molecular flexibility index (Phi) is 5.62. The van der Waals surface area contributed by atoms with Crippen LogP contribution < -0.4 is 5.32 Å². The second kappa shape index (κ2) is 8.09. The van der Waals surface area contributed by atoms with E-state index in [2.05, 4.69) is 27.5 Å². The number of hydrogen-bond donors (Lipinski definition) is 2. The van der Waals surface area contributed by atoms with Crippen LogP contribution in [0.4, 0.5) is 5.82 Å². The van der Waals surface area contributed by atoms with Gasteiger partial charge in [-0.1, -0.05) is 37.3 Å². The Morgan fingerprint density at radius 2 is 2.08 bits per heavy atom. The zero-order valence-electron chi connectivity index (χ0n) is 14.9. The number of aromatic nitrogens is 5. The van der Waals surface area contributed by atoms with Gasteiger partial charge in [0.2, 0.25) is 5.91 Å². The summed E-state index contributed by atoms with van der Waals surface area (Å²) in [6.45, 7) is 4.69. The van der Waals surface area contributed by atoms with Gasteiger partial charge in [-0.05, 0) is 31.1 Å². The number of aryl methyl sites for hydroxylation is 2. The van der Waals surface area contributed by atoms with Gasteiger partial charge < -0.3 is 5.32 Å². The minimum Gasteiger partial charge on any atom is -0.309 e. The molecule has 0 aliphatic carbocycles. The highest BCUT2D eigenvalue weighted by molar-refractivity contribution is 7.71. The molecule has 26 heavy (non-hydrogen) atoms. The highest BCUT2D eigenvalue weighted by Gasteiger charge is 2.13. The van der Waals surface area contributed by atoms with Crippen LogP contribution in [0.15, 0.2) is 36.4 Å². The van der Waals surface area contributed by atoms with E-state index in [4.69, 9.17) is 12.2 Å². The second-order valence-corrected chi connectivity index (χ2v) is 6.53. The Labute approximate surface area is 157 Å². The van der Waals surface area contributed by atoms with Gasteiger partial charge in [-0.3, -0.25) is 14.5 Å². The summed E-state index contributed by atoms with van der Waals surface area (Å²) in [5.41, 5.74) is 1.97. The highest BCUT2D eigenvalue weighted by atomic mass is 32.1. The van der Waals surface area contributed by atoms with Crippen molar-refractivity contribution >= 4 is 23.9 Å². The average Bonchev–Trinajstić information content (AvgIpc) is 3.12. The first kappa shape index (κ1) is 18.1. The van der Waals surface area contributed by atoms with Crippen molar-refractivity contribution in [3.8, 4) is 0 Å². The maximum Gasteiger partial charge on any atom is 0.245 e. The van der Waals surface area contributed by atoms with Gasteiger partial charge in [0, 0.05) is 12.5 Å². The van der Waals surface area contributed by atoms with Crippen molar-refractivity contribution in [2.24, 2.45) is 0 Å². The van der Waals surface area contributed by atoms with Gasteiger partial charge in [0.15, 0.2) is 4.77 Å². The summed E-state index contributed by atoms with van der Waals surface area (Å²) in [5.74, 6) is 1.30. The van der Waals surface area contributed by atoms with Gasteiger partial charge in [0.1, 0.15) is 18.2 Å². The van der Waals surface area contributed by atoms with Crippen LogP contribution in [0.25, 0.3) is 0 Å². The molecule has 1 amide bonds. The molecular formula is C18H22N6OS. The third-order valence-electron chi connectivity index (χ3n) is 3.96. The largest absolute Gasteiger partial charge is 0.309 e. The fourth-order valence-electron chi connectivity index (χ4n) is 2.78. The van der Waals surface area contributed by atoms with Crippen LogP contribution in [0.1, 0.15) is 30.4 Å². The van der Waals surface area contributed by atoms with Crippen LogP contribution in [0.5, 0.6) is 0 Å². The second-order valence-electron chi connectivity index (χ2n) is 6.14. The molecule has 136 valence electrons. The van der Waals surface area contributed by atoms with E-state index in [-0.39, 0.29) is 12.5 Å². The SMILES string of the molecule is CCCc1n[nH]c(=S)n1CC(=O)Nc1cc(C)nn1Cc1ccccc1. The molecule has 3 aromatic rings. The molecule has 0 aliphatic heterocycles. The van der Waals surface area contributed by atoms with Crippen LogP contribution in [0.3, 0.4) is 0 Å². The van der Waals surface area contributed by atoms with Crippen molar-refractivity contribution in [1.29, 1.82) is 0 Å². The number of nitrogens with zero attached hydrogens (tertiary/aromatic N) is 4. The van der Waals surface area contributed by atoms with E-state index in [0.29, 0.717) is 17.1 Å². The van der Waals surface area contributed by atoms with Gasteiger partial charge >= 0.3 is 0 Å². The van der Waals surface area contributed by atoms with Gasteiger partial charge in [0.05, 0.1) is 12.2 Å². The van der Waals surface area contributed by atoms with Crippen LogP contribution in [-0.2, 0) is 24.3 Å². The molecule has 2 heterocycles. The third kappa shape index (κ3) is 4.26. The van der Waals surface area contributed by atoms with Gasteiger partial charge in [-0.2, -0.15) is 10.2 Å². The van der Waals surface area contributed by atoms with Crippen LogP contribution in [-0.4, -0.2) is 30.5 Å². The molecule has 2 aromatic heterocycles. The third-order valence-corrected chi connectivity index (χ3v) is 4.27. The van der Waals surface area contributed by atoms with E-state index in [1.807, 2.05) is 43.3 Å². The fourth-order valence-corrected chi connectivity index (χ4v) is 2.99. The summed E-state index contributed by atoms with van der Waals surface area (Å²) in [6.07, 6.45) is 1.70. The molecule has 0 aliphatic rings. The summed E-state index contributed by atoms with van der Waals surface area (Å²) in [6, 6.07) is 11.9. The quantitative estimate of drug-likeness (QED) is 0.626. The lowest BCUT2D eigenvalue weighted by atomic mass is 10.2. The number of aromatic amines is 1. The Morgan fingerprint density at radius 3 is 2.81 bits per heavy atom. The first-order valence-corrected chi connectivity index (χ1v) is 9.00. The number of carbonyl (C=O) groups excluding carboxylic acids is 1. The smallest absolute Gasteiger partial charge is 0.245 e. The lowest BCUT2D eigenvalue weighted by Gasteiger charge is -2.10. The van der Waals surface area contributed by atoms with E-state index in [9.17, 15) is 4.79 Å². The summed E-state index contributed by atoms with van der Waals surface area (Å²) >= 11 is 5.23. The highest BCUT2D eigenvalue weighted by Crippen LogP contribution is 2.13. The molecule has 0 atom stereocenters. The van der Waals surface area contributed by atoms with Crippen LogP contribution >= 0.6 is 12.2 Å². The summed E-state index contributed by atoms with van der Waals surface area (Å²) in [4.78, 5) is 12.5. The summed E-state index contributed by atoms with van der Waals surface area (Å²) in [7, 11) is 0. The van der Waals surface area contributed by atoms with Crippen molar-refractivity contribution in [3.63, 3.8) is 0 Å².